The molecule has 1 N–H and O–H groups in total. The first-order valence-electron chi connectivity index (χ1n) is 7.10. The summed E-state index contributed by atoms with van der Waals surface area (Å²) in [5.41, 5.74) is 0.533. The van der Waals surface area contributed by atoms with Crippen molar-refractivity contribution >= 4 is 0 Å². The highest BCUT2D eigenvalue weighted by molar-refractivity contribution is 5.35. The van der Waals surface area contributed by atoms with Gasteiger partial charge in [-0.05, 0) is 56.2 Å². The van der Waals surface area contributed by atoms with E-state index in [0.717, 1.165) is 12.8 Å². The summed E-state index contributed by atoms with van der Waals surface area (Å²) in [4.78, 5) is 0. The molecule has 3 unspecified atom stereocenters. The van der Waals surface area contributed by atoms with Crippen LogP contribution in [0, 0.1) is 17.7 Å². The van der Waals surface area contributed by atoms with Gasteiger partial charge in [0.1, 0.15) is 11.6 Å². The number of aliphatic hydroxyl groups is 1. The average molecular weight is 266 g/mol. The lowest BCUT2D eigenvalue weighted by Crippen LogP contribution is -2.28. The molecule has 1 aliphatic rings. The number of hydrogen-bond donors (Lipinski definition) is 1. The molecule has 0 radical (unpaired) electrons. The van der Waals surface area contributed by atoms with Crippen LogP contribution in [0.3, 0.4) is 0 Å². The fourth-order valence-electron chi connectivity index (χ4n) is 3.10. The lowest BCUT2D eigenvalue weighted by molar-refractivity contribution is 0.0958. The first kappa shape index (κ1) is 14.3. The molecule has 0 spiro atoms. The summed E-state index contributed by atoms with van der Waals surface area (Å²) in [5.74, 6) is 1.59. The fraction of sp³-hybridized carbons (Fsp3) is 0.625. The zero-order valence-corrected chi connectivity index (χ0v) is 11.9. The molecule has 0 aliphatic heterocycles. The van der Waals surface area contributed by atoms with Crippen molar-refractivity contribution in [3.63, 3.8) is 0 Å². The Hall–Kier alpha value is -1.09. The smallest absolute Gasteiger partial charge is 0.125 e. The van der Waals surface area contributed by atoms with Gasteiger partial charge in [-0.25, -0.2) is 4.39 Å². The Labute approximate surface area is 114 Å². The van der Waals surface area contributed by atoms with E-state index in [-0.39, 0.29) is 11.9 Å². The van der Waals surface area contributed by atoms with Gasteiger partial charge >= 0.3 is 0 Å². The van der Waals surface area contributed by atoms with Gasteiger partial charge in [0.15, 0.2) is 0 Å². The van der Waals surface area contributed by atoms with Crippen molar-refractivity contribution in [2.24, 2.45) is 11.8 Å². The normalized spacial score (nSPS) is 29.0. The Bertz CT molecular complexity index is 421. The second-order valence-electron chi connectivity index (χ2n) is 6.02. The van der Waals surface area contributed by atoms with E-state index in [2.05, 4.69) is 13.8 Å². The van der Waals surface area contributed by atoms with Gasteiger partial charge in [-0.2, -0.15) is 0 Å². The van der Waals surface area contributed by atoms with E-state index in [0.29, 0.717) is 23.1 Å². The molecule has 0 aromatic heterocycles. The quantitative estimate of drug-likeness (QED) is 0.893. The number of hydrogen-bond acceptors (Lipinski definition) is 2. The second-order valence-corrected chi connectivity index (χ2v) is 6.02. The lowest BCUT2D eigenvalue weighted by Gasteiger charge is -2.32. The molecule has 106 valence electrons. The Morgan fingerprint density at radius 3 is 2.42 bits per heavy atom. The van der Waals surface area contributed by atoms with E-state index in [1.54, 1.807) is 13.0 Å². The Balaban J connectivity index is 2.14. The predicted molar refractivity (Wildman–Crippen MR) is 73.6 cm³/mol. The predicted octanol–water partition coefficient (Wildman–Crippen LogP) is 4.08. The maximum absolute atomic E-state index is 13.2. The van der Waals surface area contributed by atoms with Crippen LogP contribution in [0.15, 0.2) is 18.2 Å². The van der Waals surface area contributed by atoms with Crippen molar-refractivity contribution in [2.75, 3.05) is 0 Å². The largest absolute Gasteiger partial charge is 0.490 e. The van der Waals surface area contributed by atoms with Crippen LogP contribution >= 0.6 is 0 Å². The summed E-state index contributed by atoms with van der Waals surface area (Å²) < 4.78 is 19.3. The lowest BCUT2D eigenvalue weighted by atomic mass is 9.82. The second kappa shape index (κ2) is 5.91. The van der Waals surface area contributed by atoms with E-state index in [9.17, 15) is 9.50 Å². The number of halogens is 1. The minimum absolute atomic E-state index is 0.168. The van der Waals surface area contributed by atoms with E-state index in [1.807, 2.05) is 0 Å². The topological polar surface area (TPSA) is 29.5 Å². The molecule has 1 aromatic carbocycles. The number of rotatable bonds is 3. The Morgan fingerprint density at radius 2 is 1.84 bits per heavy atom. The third kappa shape index (κ3) is 3.69. The van der Waals surface area contributed by atoms with Gasteiger partial charge < -0.3 is 9.84 Å². The highest BCUT2D eigenvalue weighted by atomic mass is 19.1. The molecule has 3 atom stereocenters. The van der Waals surface area contributed by atoms with Gasteiger partial charge in [-0.3, -0.25) is 0 Å². The monoisotopic (exact) mass is 266 g/mol. The Morgan fingerprint density at radius 1 is 1.21 bits per heavy atom. The molecule has 1 fully saturated rings. The molecule has 0 saturated heterocycles. The van der Waals surface area contributed by atoms with E-state index in [1.165, 1.54) is 18.6 Å². The number of ether oxygens (including phenoxy) is 1. The third-order valence-electron chi connectivity index (χ3n) is 3.85. The summed E-state index contributed by atoms with van der Waals surface area (Å²) in [6.45, 7) is 6.12. The molecule has 3 heteroatoms. The van der Waals surface area contributed by atoms with Crippen LogP contribution in [0.1, 0.15) is 51.7 Å². The SMILES string of the molecule is CC1CC(C)CC(Oc2ccc(F)cc2C(C)O)C1. The molecule has 1 saturated carbocycles. The van der Waals surface area contributed by atoms with Gasteiger partial charge in [0, 0.05) is 5.56 Å². The van der Waals surface area contributed by atoms with Crippen molar-refractivity contribution in [1.82, 2.24) is 0 Å². The molecule has 0 heterocycles. The summed E-state index contributed by atoms with van der Waals surface area (Å²) in [5, 5.41) is 9.72. The maximum Gasteiger partial charge on any atom is 0.125 e. The van der Waals surface area contributed by atoms with Crippen molar-refractivity contribution < 1.29 is 14.2 Å². The third-order valence-corrected chi connectivity index (χ3v) is 3.85. The Kier molecular flexibility index (Phi) is 4.46. The zero-order valence-electron chi connectivity index (χ0n) is 11.9. The van der Waals surface area contributed by atoms with Crippen LogP contribution in [0.4, 0.5) is 4.39 Å². The van der Waals surface area contributed by atoms with Gasteiger partial charge in [0.05, 0.1) is 12.2 Å². The summed E-state index contributed by atoms with van der Waals surface area (Å²) in [6, 6.07) is 4.37. The van der Waals surface area contributed by atoms with Crippen LogP contribution in [0.2, 0.25) is 0 Å². The summed E-state index contributed by atoms with van der Waals surface area (Å²) >= 11 is 0. The average Bonchev–Trinajstić information content (AvgIpc) is 2.30. The van der Waals surface area contributed by atoms with Crippen LogP contribution in [0.25, 0.3) is 0 Å². The van der Waals surface area contributed by atoms with Crippen molar-refractivity contribution in [3.05, 3.63) is 29.6 Å². The van der Waals surface area contributed by atoms with Gasteiger partial charge in [-0.1, -0.05) is 13.8 Å². The molecule has 0 amide bonds. The van der Waals surface area contributed by atoms with E-state index in [4.69, 9.17) is 4.74 Å². The minimum Gasteiger partial charge on any atom is -0.490 e. The first-order valence-corrected chi connectivity index (χ1v) is 7.10. The van der Waals surface area contributed by atoms with Crippen molar-refractivity contribution in [2.45, 2.75) is 52.2 Å². The van der Waals surface area contributed by atoms with Crippen molar-refractivity contribution in [1.29, 1.82) is 0 Å². The minimum atomic E-state index is -0.718. The van der Waals surface area contributed by atoms with Crippen LogP contribution in [-0.2, 0) is 0 Å². The maximum atomic E-state index is 13.2. The molecular weight excluding hydrogens is 243 g/mol. The standard InChI is InChI=1S/C16H23FO2/c1-10-6-11(2)8-14(7-10)19-16-5-4-13(17)9-15(16)12(3)18/h4-5,9-12,14,18H,6-8H2,1-3H3. The molecule has 0 bridgehead atoms. The van der Waals surface area contributed by atoms with Crippen LogP contribution in [-0.4, -0.2) is 11.2 Å². The molecular formula is C16H23FO2. The van der Waals surface area contributed by atoms with E-state index < -0.39 is 6.10 Å². The fourth-order valence-corrected chi connectivity index (χ4v) is 3.10. The molecule has 1 aliphatic carbocycles. The van der Waals surface area contributed by atoms with Gasteiger partial charge in [-0.15, -0.1) is 0 Å². The highest BCUT2D eigenvalue weighted by Gasteiger charge is 2.26. The molecule has 2 rings (SSSR count). The molecule has 1 aromatic rings. The number of aliphatic hydroxyl groups excluding tert-OH is 1. The summed E-state index contributed by atoms with van der Waals surface area (Å²) in [7, 11) is 0. The van der Waals surface area contributed by atoms with Crippen LogP contribution < -0.4 is 4.74 Å². The van der Waals surface area contributed by atoms with Gasteiger partial charge in [0.2, 0.25) is 0 Å². The van der Waals surface area contributed by atoms with Crippen LogP contribution in [0.5, 0.6) is 5.75 Å². The summed E-state index contributed by atoms with van der Waals surface area (Å²) in [6.07, 6.45) is 2.75. The van der Waals surface area contributed by atoms with Crippen molar-refractivity contribution in [3.8, 4) is 5.75 Å². The van der Waals surface area contributed by atoms with E-state index >= 15 is 0 Å². The first-order chi connectivity index (χ1) is 8.95. The zero-order chi connectivity index (χ0) is 14.0. The highest BCUT2D eigenvalue weighted by Crippen LogP contribution is 2.34. The van der Waals surface area contributed by atoms with Gasteiger partial charge in [0.25, 0.3) is 0 Å². The number of benzene rings is 1. The molecule has 2 nitrogen and oxygen atoms in total. The molecule has 19 heavy (non-hydrogen) atoms.